The number of amides is 3. The molecule has 0 saturated carbocycles. The van der Waals surface area contributed by atoms with E-state index >= 15 is 0 Å². The summed E-state index contributed by atoms with van der Waals surface area (Å²) in [5.74, 6) is -0.283. The number of methoxy groups -OCH3 is 1. The van der Waals surface area contributed by atoms with Crippen molar-refractivity contribution in [3.63, 3.8) is 0 Å². The number of aromatic amines is 1. The van der Waals surface area contributed by atoms with Gasteiger partial charge in [-0.1, -0.05) is 35.3 Å². The van der Waals surface area contributed by atoms with E-state index in [0.29, 0.717) is 52.1 Å². The third-order valence-corrected chi connectivity index (χ3v) is 8.05. The van der Waals surface area contributed by atoms with E-state index in [-0.39, 0.29) is 23.5 Å². The molecular formula is C30H32Cl2N10O4. The van der Waals surface area contributed by atoms with Crippen LogP contribution in [0.3, 0.4) is 0 Å². The highest BCUT2D eigenvalue weighted by Gasteiger charge is 2.31. The van der Waals surface area contributed by atoms with Crippen molar-refractivity contribution in [1.29, 1.82) is 0 Å². The number of aromatic nitrogens is 6. The van der Waals surface area contributed by atoms with E-state index in [4.69, 9.17) is 23.2 Å². The SMILES string of the molecule is COC(=O)Nc1ccc(-c2nc([C@H](CC(=O)N3CC[C@@H](N(C)C)C3)NC(=O)C=Cc3cc(Cl)ccc3-n3cnnn3)[nH]c2Cl)cc1. The van der Waals surface area contributed by atoms with E-state index in [0.717, 1.165) is 6.42 Å². The Morgan fingerprint density at radius 1 is 1.17 bits per heavy atom. The van der Waals surface area contributed by atoms with E-state index in [9.17, 15) is 14.4 Å². The van der Waals surface area contributed by atoms with Gasteiger partial charge in [-0.15, -0.1) is 5.10 Å². The van der Waals surface area contributed by atoms with Gasteiger partial charge in [0.25, 0.3) is 0 Å². The van der Waals surface area contributed by atoms with Gasteiger partial charge in [-0.25, -0.2) is 9.78 Å². The molecule has 2 aromatic carbocycles. The third-order valence-electron chi connectivity index (χ3n) is 7.54. The topological polar surface area (TPSA) is 163 Å². The van der Waals surface area contributed by atoms with Gasteiger partial charge in [-0.2, -0.15) is 4.68 Å². The molecule has 1 saturated heterocycles. The van der Waals surface area contributed by atoms with Crippen LogP contribution in [-0.4, -0.2) is 98.2 Å². The van der Waals surface area contributed by atoms with Crippen LogP contribution < -0.4 is 10.6 Å². The van der Waals surface area contributed by atoms with Crippen molar-refractivity contribution in [2.45, 2.75) is 24.9 Å². The van der Waals surface area contributed by atoms with Crippen molar-refractivity contribution in [2.24, 2.45) is 0 Å². The van der Waals surface area contributed by atoms with Crippen molar-refractivity contribution >= 4 is 52.9 Å². The van der Waals surface area contributed by atoms with Gasteiger partial charge in [0.1, 0.15) is 23.0 Å². The molecule has 1 fully saturated rings. The highest BCUT2D eigenvalue weighted by molar-refractivity contribution is 6.32. The fourth-order valence-corrected chi connectivity index (χ4v) is 5.47. The zero-order valence-corrected chi connectivity index (χ0v) is 26.8. The first-order valence-electron chi connectivity index (χ1n) is 14.3. The van der Waals surface area contributed by atoms with Gasteiger partial charge in [-0.3, -0.25) is 14.9 Å². The number of carbonyl (C=O) groups is 3. The number of carbonyl (C=O) groups excluding carboxylic acids is 3. The number of imidazole rings is 1. The molecule has 1 aliphatic heterocycles. The van der Waals surface area contributed by atoms with Gasteiger partial charge in [0.05, 0.1) is 25.3 Å². The Labute approximate surface area is 274 Å². The van der Waals surface area contributed by atoms with Gasteiger partial charge in [0.2, 0.25) is 11.8 Å². The number of hydrogen-bond acceptors (Lipinski definition) is 9. The fourth-order valence-electron chi connectivity index (χ4n) is 5.04. The van der Waals surface area contributed by atoms with Crippen LogP contribution >= 0.6 is 23.2 Å². The summed E-state index contributed by atoms with van der Waals surface area (Å²) in [7, 11) is 5.26. The first kappa shape index (κ1) is 32.6. The summed E-state index contributed by atoms with van der Waals surface area (Å²) in [6.45, 7) is 1.21. The van der Waals surface area contributed by atoms with Crippen molar-refractivity contribution < 1.29 is 19.1 Å². The number of H-pyrrole nitrogens is 1. The monoisotopic (exact) mass is 666 g/mol. The molecule has 46 heavy (non-hydrogen) atoms. The Morgan fingerprint density at radius 2 is 1.96 bits per heavy atom. The molecule has 0 radical (unpaired) electrons. The quantitative estimate of drug-likeness (QED) is 0.213. The molecule has 0 unspecified atom stereocenters. The summed E-state index contributed by atoms with van der Waals surface area (Å²) in [6, 6.07) is 11.4. The third kappa shape index (κ3) is 7.88. The number of tetrazole rings is 1. The summed E-state index contributed by atoms with van der Waals surface area (Å²) >= 11 is 12.8. The van der Waals surface area contributed by atoms with Crippen LogP contribution in [0.1, 0.15) is 30.3 Å². The fraction of sp³-hybridized carbons (Fsp3) is 0.300. The predicted molar refractivity (Wildman–Crippen MR) is 172 cm³/mol. The maximum atomic E-state index is 13.5. The van der Waals surface area contributed by atoms with Crippen molar-refractivity contribution in [1.82, 2.24) is 45.3 Å². The number of likely N-dealkylation sites (N-methyl/N-ethyl adjacent to an activating group) is 1. The number of nitrogens with zero attached hydrogens (tertiary/aromatic N) is 7. The maximum absolute atomic E-state index is 13.5. The molecule has 3 N–H and O–H groups in total. The van der Waals surface area contributed by atoms with E-state index in [2.05, 4.69) is 45.8 Å². The first-order chi connectivity index (χ1) is 22.1. The number of ether oxygens (including phenoxy) is 1. The standard InChI is InChI=1S/C30H32Cl2N10O4/c1-40(2)22-12-13-41(16-22)26(44)15-23(29-36-27(28(32)37-29)18-4-8-21(9-5-18)34-30(45)46-3)35-25(43)11-6-19-14-20(31)7-10-24(19)42-17-33-38-39-42/h4-11,14,17,22-23H,12-13,15-16H2,1-3H3,(H,34,45)(H,35,43)(H,36,37)/t22-,23+/m1/s1. The lowest BCUT2D eigenvalue weighted by molar-refractivity contribution is -0.131. The molecule has 4 aromatic rings. The van der Waals surface area contributed by atoms with Crippen molar-refractivity contribution in [3.05, 3.63) is 76.4 Å². The number of hydrogen-bond donors (Lipinski definition) is 3. The molecule has 240 valence electrons. The highest BCUT2D eigenvalue weighted by Crippen LogP contribution is 2.30. The molecule has 2 atom stereocenters. The summed E-state index contributed by atoms with van der Waals surface area (Å²) in [4.78, 5) is 49.9. The normalized spacial score (nSPS) is 15.3. The number of benzene rings is 2. The smallest absolute Gasteiger partial charge is 0.411 e. The van der Waals surface area contributed by atoms with Gasteiger partial charge in [0.15, 0.2) is 0 Å². The molecule has 14 nitrogen and oxygen atoms in total. The lowest BCUT2D eigenvalue weighted by Crippen LogP contribution is -2.37. The number of likely N-dealkylation sites (tertiary alicyclic amines) is 1. The molecule has 1 aliphatic rings. The second-order valence-electron chi connectivity index (χ2n) is 10.8. The van der Waals surface area contributed by atoms with Crippen LogP contribution in [0.4, 0.5) is 10.5 Å². The Hall–Kier alpha value is -4.79. The lowest BCUT2D eigenvalue weighted by Gasteiger charge is -2.22. The minimum Gasteiger partial charge on any atom is -0.453 e. The molecule has 5 rings (SSSR count). The zero-order chi connectivity index (χ0) is 32.8. The Balaban J connectivity index is 1.39. The van der Waals surface area contributed by atoms with Gasteiger partial charge in [-0.05, 0) is 67.4 Å². The number of anilines is 1. The average Bonchev–Trinajstić information content (AvgIpc) is 3.82. The second kappa shape index (κ2) is 14.5. The Kier molecular flexibility index (Phi) is 10.3. The molecule has 3 heterocycles. The van der Waals surface area contributed by atoms with Crippen LogP contribution in [-0.2, 0) is 14.3 Å². The van der Waals surface area contributed by atoms with Crippen LogP contribution in [0.5, 0.6) is 0 Å². The predicted octanol–water partition coefficient (Wildman–Crippen LogP) is 3.96. The summed E-state index contributed by atoms with van der Waals surface area (Å²) in [5, 5.41) is 17.4. The largest absolute Gasteiger partial charge is 0.453 e. The average molecular weight is 668 g/mol. The van der Waals surface area contributed by atoms with E-state index < -0.39 is 18.0 Å². The Bertz CT molecular complexity index is 1720. The summed E-state index contributed by atoms with van der Waals surface area (Å²) < 4.78 is 6.09. The summed E-state index contributed by atoms with van der Waals surface area (Å²) in [6.07, 6.45) is 4.58. The lowest BCUT2D eigenvalue weighted by atomic mass is 10.1. The minimum absolute atomic E-state index is 0.0436. The molecule has 16 heteroatoms. The maximum Gasteiger partial charge on any atom is 0.411 e. The summed E-state index contributed by atoms with van der Waals surface area (Å²) in [5.41, 5.74) is 2.81. The molecule has 2 aromatic heterocycles. The molecule has 3 amide bonds. The molecule has 0 spiro atoms. The second-order valence-corrected chi connectivity index (χ2v) is 11.6. The van der Waals surface area contributed by atoms with E-state index in [1.807, 2.05) is 14.1 Å². The zero-order valence-electron chi connectivity index (χ0n) is 25.3. The van der Waals surface area contributed by atoms with Gasteiger partial charge < -0.3 is 24.8 Å². The van der Waals surface area contributed by atoms with Gasteiger partial charge >= 0.3 is 6.09 Å². The van der Waals surface area contributed by atoms with Crippen molar-refractivity contribution in [2.75, 3.05) is 39.6 Å². The van der Waals surface area contributed by atoms with E-state index in [1.165, 1.54) is 24.2 Å². The van der Waals surface area contributed by atoms with E-state index in [1.54, 1.807) is 53.4 Å². The van der Waals surface area contributed by atoms with Crippen LogP contribution in [0, 0.1) is 0 Å². The molecular weight excluding hydrogens is 635 g/mol. The number of halogens is 2. The number of nitrogens with one attached hydrogen (secondary N) is 3. The molecule has 0 aliphatic carbocycles. The van der Waals surface area contributed by atoms with Crippen LogP contribution in [0.2, 0.25) is 10.2 Å². The first-order valence-corrected chi connectivity index (χ1v) is 15.0. The Morgan fingerprint density at radius 3 is 2.63 bits per heavy atom. The number of rotatable bonds is 10. The molecule has 0 bridgehead atoms. The van der Waals surface area contributed by atoms with Crippen LogP contribution in [0.25, 0.3) is 23.0 Å². The highest BCUT2D eigenvalue weighted by atomic mass is 35.5. The van der Waals surface area contributed by atoms with Crippen molar-refractivity contribution in [3.8, 4) is 16.9 Å². The van der Waals surface area contributed by atoms with Gasteiger partial charge in [0, 0.05) is 47.0 Å². The van der Waals surface area contributed by atoms with Crippen LogP contribution in [0.15, 0.2) is 54.9 Å². The minimum atomic E-state index is -0.826.